The van der Waals surface area contributed by atoms with Gasteiger partial charge in [0.1, 0.15) is 0 Å². The number of halogens is 1. The summed E-state index contributed by atoms with van der Waals surface area (Å²) in [5.74, 6) is -0.125. The van der Waals surface area contributed by atoms with E-state index < -0.39 is 15.1 Å². The zero-order valence-electron chi connectivity index (χ0n) is 12.2. The molecule has 1 saturated carbocycles. The van der Waals surface area contributed by atoms with Crippen molar-refractivity contribution in [1.29, 1.82) is 0 Å². The van der Waals surface area contributed by atoms with Gasteiger partial charge in [0, 0.05) is 10.9 Å². The molecule has 1 aliphatic rings. The van der Waals surface area contributed by atoms with Crippen LogP contribution < -0.4 is 5.73 Å². The number of hydrogen-bond donors (Lipinski definition) is 1. The lowest BCUT2D eigenvalue weighted by molar-refractivity contribution is 0.591. The second-order valence-corrected chi connectivity index (χ2v) is 8.35. The molecular formula is C17H18ClNO2S. The van der Waals surface area contributed by atoms with Crippen molar-refractivity contribution in [2.45, 2.75) is 23.0 Å². The van der Waals surface area contributed by atoms with Gasteiger partial charge in [-0.3, -0.25) is 0 Å². The molecule has 1 fully saturated rings. The van der Waals surface area contributed by atoms with Crippen molar-refractivity contribution in [3.05, 3.63) is 64.7 Å². The van der Waals surface area contributed by atoms with Gasteiger partial charge in [-0.25, -0.2) is 8.42 Å². The van der Waals surface area contributed by atoms with Crippen LogP contribution in [-0.4, -0.2) is 20.2 Å². The molecular weight excluding hydrogens is 318 g/mol. The Hall–Kier alpha value is -1.36. The first-order valence-corrected chi connectivity index (χ1v) is 9.13. The minimum atomic E-state index is -3.38. The summed E-state index contributed by atoms with van der Waals surface area (Å²) in [6.45, 7) is 2.29. The van der Waals surface area contributed by atoms with Gasteiger partial charge >= 0.3 is 0 Å². The second-order valence-electron chi connectivity index (χ2n) is 5.80. The Labute approximate surface area is 136 Å². The van der Waals surface area contributed by atoms with Crippen LogP contribution in [0.3, 0.4) is 0 Å². The number of hydrogen-bond acceptors (Lipinski definition) is 3. The van der Waals surface area contributed by atoms with E-state index in [1.54, 1.807) is 18.2 Å². The quantitative estimate of drug-likeness (QED) is 0.933. The monoisotopic (exact) mass is 335 g/mol. The van der Waals surface area contributed by atoms with Crippen LogP contribution in [-0.2, 0) is 9.84 Å². The zero-order valence-corrected chi connectivity index (χ0v) is 13.8. The van der Waals surface area contributed by atoms with Gasteiger partial charge in [-0.15, -0.1) is 0 Å². The van der Waals surface area contributed by atoms with Gasteiger partial charge in [0.25, 0.3) is 0 Å². The third kappa shape index (κ3) is 2.67. The molecule has 0 saturated heterocycles. The predicted octanol–water partition coefficient (Wildman–Crippen LogP) is 3.16. The molecule has 0 radical (unpaired) electrons. The van der Waals surface area contributed by atoms with E-state index in [1.165, 1.54) is 0 Å². The first-order chi connectivity index (χ1) is 10.4. The Bertz CT molecular complexity index is 787. The first kappa shape index (κ1) is 15.5. The molecule has 1 aliphatic carbocycles. The third-order valence-electron chi connectivity index (χ3n) is 4.31. The number of aryl methyl sites for hydroxylation is 1. The highest BCUT2D eigenvalue weighted by atomic mass is 35.5. The van der Waals surface area contributed by atoms with E-state index in [1.807, 2.05) is 37.3 Å². The van der Waals surface area contributed by atoms with E-state index in [4.69, 9.17) is 17.3 Å². The summed E-state index contributed by atoms with van der Waals surface area (Å²) < 4.78 is 25.7. The largest absolute Gasteiger partial charge is 0.330 e. The normalized spacial score (nSPS) is 24.2. The minimum absolute atomic E-state index is 0.0511. The fraction of sp³-hybridized carbons (Fsp3) is 0.294. The molecule has 2 aromatic rings. The van der Waals surface area contributed by atoms with E-state index in [0.29, 0.717) is 16.5 Å². The van der Waals surface area contributed by atoms with Crippen LogP contribution in [0.25, 0.3) is 0 Å². The third-order valence-corrected chi connectivity index (χ3v) is 6.83. The molecule has 22 heavy (non-hydrogen) atoms. The highest BCUT2D eigenvalue weighted by molar-refractivity contribution is 7.92. The lowest BCUT2D eigenvalue weighted by atomic mass is 10.1. The SMILES string of the molecule is Cc1ccc(S(=O)(=O)[C@H]2[C@H](CN)[C@@H]2c2cccc(Cl)c2)cc1. The molecule has 0 unspecified atom stereocenters. The lowest BCUT2D eigenvalue weighted by Crippen LogP contribution is -2.13. The Kier molecular flexibility index (Phi) is 4.02. The average molecular weight is 336 g/mol. The van der Waals surface area contributed by atoms with E-state index >= 15 is 0 Å². The number of benzene rings is 2. The van der Waals surface area contributed by atoms with Crippen molar-refractivity contribution in [3.63, 3.8) is 0 Å². The molecule has 0 aliphatic heterocycles. The van der Waals surface area contributed by atoms with Crippen LogP contribution in [0.5, 0.6) is 0 Å². The topological polar surface area (TPSA) is 60.2 Å². The summed E-state index contributed by atoms with van der Waals surface area (Å²) in [6.07, 6.45) is 0. The molecule has 116 valence electrons. The Morgan fingerprint density at radius 2 is 1.82 bits per heavy atom. The Morgan fingerprint density at radius 1 is 1.14 bits per heavy atom. The summed E-state index contributed by atoms with van der Waals surface area (Å²) in [7, 11) is -3.38. The highest BCUT2D eigenvalue weighted by Crippen LogP contribution is 2.53. The van der Waals surface area contributed by atoms with Crippen molar-refractivity contribution in [2.75, 3.05) is 6.54 Å². The van der Waals surface area contributed by atoms with Crippen molar-refractivity contribution in [1.82, 2.24) is 0 Å². The Balaban J connectivity index is 1.95. The molecule has 0 aromatic heterocycles. The molecule has 0 spiro atoms. The van der Waals surface area contributed by atoms with Crippen LogP contribution in [0.2, 0.25) is 5.02 Å². The summed E-state index contributed by atoms with van der Waals surface area (Å²) in [6, 6.07) is 14.4. The second kappa shape index (κ2) is 5.69. The predicted molar refractivity (Wildman–Crippen MR) is 88.9 cm³/mol. The van der Waals surface area contributed by atoms with E-state index in [-0.39, 0.29) is 11.8 Å². The van der Waals surface area contributed by atoms with Crippen molar-refractivity contribution in [3.8, 4) is 0 Å². The Morgan fingerprint density at radius 3 is 2.41 bits per heavy atom. The highest BCUT2D eigenvalue weighted by Gasteiger charge is 2.58. The zero-order chi connectivity index (χ0) is 15.9. The van der Waals surface area contributed by atoms with Crippen molar-refractivity contribution < 1.29 is 8.42 Å². The van der Waals surface area contributed by atoms with Gasteiger partial charge in [-0.1, -0.05) is 41.4 Å². The molecule has 0 amide bonds. The maximum absolute atomic E-state index is 12.9. The average Bonchev–Trinajstić information content (AvgIpc) is 3.23. The van der Waals surface area contributed by atoms with Gasteiger partial charge in [0.2, 0.25) is 0 Å². The standard InChI is InChI=1S/C17H18ClNO2S/c1-11-5-7-14(8-6-11)22(20,21)17-15(10-19)16(17)12-3-2-4-13(18)9-12/h2-9,15-17H,10,19H2,1H3/t15-,16+,17+/m1/s1. The summed E-state index contributed by atoms with van der Waals surface area (Å²) >= 11 is 6.02. The van der Waals surface area contributed by atoms with E-state index in [0.717, 1.165) is 11.1 Å². The van der Waals surface area contributed by atoms with Crippen LogP contribution in [0.4, 0.5) is 0 Å². The maximum Gasteiger partial charge on any atom is 0.182 e. The van der Waals surface area contributed by atoms with E-state index in [9.17, 15) is 8.42 Å². The van der Waals surface area contributed by atoms with Gasteiger partial charge in [-0.2, -0.15) is 0 Å². The number of nitrogens with two attached hydrogens (primary N) is 1. The van der Waals surface area contributed by atoms with E-state index in [2.05, 4.69) is 0 Å². The number of sulfone groups is 1. The van der Waals surface area contributed by atoms with Crippen LogP contribution in [0, 0.1) is 12.8 Å². The maximum atomic E-state index is 12.9. The smallest absolute Gasteiger partial charge is 0.182 e. The van der Waals surface area contributed by atoms with Gasteiger partial charge in [0.15, 0.2) is 9.84 Å². The molecule has 2 aromatic carbocycles. The molecule has 3 atom stereocenters. The van der Waals surface area contributed by atoms with Crippen LogP contribution >= 0.6 is 11.6 Å². The van der Waals surface area contributed by atoms with Gasteiger partial charge < -0.3 is 5.73 Å². The van der Waals surface area contributed by atoms with Crippen LogP contribution in [0.15, 0.2) is 53.4 Å². The summed E-state index contributed by atoms with van der Waals surface area (Å²) in [5.41, 5.74) is 7.78. The van der Waals surface area contributed by atoms with Crippen molar-refractivity contribution >= 4 is 21.4 Å². The molecule has 3 rings (SSSR count). The van der Waals surface area contributed by atoms with Crippen LogP contribution in [0.1, 0.15) is 17.0 Å². The van der Waals surface area contributed by atoms with Gasteiger partial charge in [0.05, 0.1) is 10.1 Å². The molecule has 0 heterocycles. The van der Waals surface area contributed by atoms with Gasteiger partial charge in [-0.05, 0) is 49.2 Å². The molecule has 3 nitrogen and oxygen atoms in total. The fourth-order valence-electron chi connectivity index (χ4n) is 3.08. The number of rotatable bonds is 4. The lowest BCUT2D eigenvalue weighted by Gasteiger charge is -2.05. The van der Waals surface area contributed by atoms with Crippen molar-refractivity contribution in [2.24, 2.45) is 11.7 Å². The summed E-state index contributed by atoms with van der Waals surface area (Å²) in [5, 5.41) is 0.158. The molecule has 0 bridgehead atoms. The first-order valence-electron chi connectivity index (χ1n) is 7.21. The minimum Gasteiger partial charge on any atom is -0.330 e. The molecule has 5 heteroatoms. The summed E-state index contributed by atoms with van der Waals surface area (Å²) in [4.78, 5) is 0.367. The molecule has 2 N–H and O–H groups in total. The fourth-order valence-corrected chi connectivity index (χ4v) is 5.51.